The lowest BCUT2D eigenvalue weighted by atomic mass is 9.77. The van der Waals surface area contributed by atoms with Gasteiger partial charge in [0.2, 0.25) is 0 Å². The normalized spacial score (nSPS) is 18.0. The van der Waals surface area contributed by atoms with Gasteiger partial charge >= 0.3 is 0 Å². The molecule has 0 spiro atoms. The fourth-order valence-electron chi connectivity index (χ4n) is 7.92. The van der Waals surface area contributed by atoms with Crippen LogP contribution in [0.25, 0.3) is 27.2 Å². The first-order valence-corrected chi connectivity index (χ1v) is 17.3. The first kappa shape index (κ1) is 31.6. The number of aromatic nitrogens is 1. The van der Waals surface area contributed by atoms with Gasteiger partial charge in [0.15, 0.2) is 0 Å². The van der Waals surface area contributed by atoms with Gasteiger partial charge in [0.05, 0.1) is 11.4 Å². The van der Waals surface area contributed by atoms with Gasteiger partial charge in [-0.15, -0.1) is 0 Å². The molecule has 2 aliphatic rings. The monoisotopic (exact) mass is 632 g/mol. The van der Waals surface area contributed by atoms with Crippen molar-refractivity contribution in [2.24, 2.45) is 0 Å². The molecule has 2 heterocycles. The van der Waals surface area contributed by atoms with Gasteiger partial charge in [-0.05, 0) is 99.2 Å². The number of benzene rings is 4. The Hall–Kier alpha value is -4.96. The molecule has 1 aliphatic heterocycles. The second-order valence-corrected chi connectivity index (χ2v) is 14.9. The summed E-state index contributed by atoms with van der Waals surface area (Å²) in [7, 11) is 4.21. The minimum atomic E-state index is -0.130. The van der Waals surface area contributed by atoms with Crippen LogP contribution in [0.5, 0.6) is 0 Å². The van der Waals surface area contributed by atoms with Gasteiger partial charge in [-0.3, -0.25) is 0 Å². The van der Waals surface area contributed by atoms with Gasteiger partial charge in [0.1, 0.15) is 0 Å². The summed E-state index contributed by atoms with van der Waals surface area (Å²) in [5.41, 5.74) is 17.5. The Balaban J connectivity index is 1.26. The molecule has 3 N–H and O–H groups in total. The third-order valence-electron chi connectivity index (χ3n) is 10.5. The third kappa shape index (κ3) is 5.64. The van der Waals surface area contributed by atoms with E-state index in [4.69, 9.17) is 5.73 Å². The van der Waals surface area contributed by atoms with Crippen LogP contribution in [0.15, 0.2) is 132 Å². The van der Waals surface area contributed by atoms with Gasteiger partial charge in [-0.2, -0.15) is 0 Å². The van der Waals surface area contributed by atoms with Crippen LogP contribution in [-0.4, -0.2) is 18.7 Å². The fraction of sp³-hybridized carbons (Fsp3) is 0.273. The molecule has 0 unspecified atom stereocenters. The van der Waals surface area contributed by atoms with Crippen LogP contribution >= 0.6 is 0 Å². The number of anilines is 3. The lowest BCUT2D eigenvalue weighted by Gasteiger charge is -2.28. The number of hydrogen-bond acceptors (Lipinski definition) is 3. The summed E-state index contributed by atoms with van der Waals surface area (Å²) in [5, 5.41) is 8.88. The topological polar surface area (TPSA) is 46.2 Å². The molecule has 4 aromatic carbocycles. The molecule has 0 radical (unpaired) electrons. The molecule has 48 heavy (non-hydrogen) atoms. The van der Waals surface area contributed by atoms with Gasteiger partial charge in [-0.1, -0.05) is 107 Å². The maximum atomic E-state index is 6.63. The quantitative estimate of drug-likeness (QED) is 0.176. The maximum Gasteiger partial charge on any atom is 0.0544 e. The summed E-state index contributed by atoms with van der Waals surface area (Å²) < 4.78 is 2.34. The molecule has 4 nitrogen and oxygen atoms in total. The average molecular weight is 633 g/mol. The number of nitrogen functional groups attached to an aromatic ring is 1. The Morgan fingerprint density at radius 1 is 0.875 bits per heavy atom. The van der Waals surface area contributed by atoms with E-state index in [0.29, 0.717) is 0 Å². The van der Waals surface area contributed by atoms with Crippen molar-refractivity contribution in [2.45, 2.75) is 64.2 Å². The Kier molecular flexibility index (Phi) is 8.07. The van der Waals surface area contributed by atoms with Crippen molar-refractivity contribution in [3.8, 4) is 0 Å². The van der Waals surface area contributed by atoms with Crippen molar-refractivity contribution < 1.29 is 0 Å². The Morgan fingerprint density at radius 3 is 2.33 bits per heavy atom. The summed E-state index contributed by atoms with van der Waals surface area (Å²) in [5.74, 6) is 0. The number of allylic oxidation sites excluding steroid dienone is 8. The average Bonchev–Trinajstić information content (AvgIpc) is 3.66. The number of rotatable bonds is 7. The van der Waals surface area contributed by atoms with E-state index in [9.17, 15) is 0 Å². The molecule has 0 bridgehead atoms. The van der Waals surface area contributed by atoms with Crippen LogP contribution in [0, 0.1) is 0 Å². The number of nitrogens with two attached hydrogens (primary N) is 1. The first-order chi connectivity index (χ1) is 23.0. The summed E-state index contributed by atoms with van der Waals surface area (Å²) in [6.45, 7) is 9.31. The van der Waals surface area contributed by atoms with E-state index in [1.54, 1.807) is 0 Å². The number of hydrogen-bond donors (Lipinski definition) is 2. The Labute approximate surface area is 286 Å². The molecular weight excluding hydrogens is 585 g/mol. The standard InChI is InChI=1S/C44H48N4/c1-43(2,40-35-18-9-7-13-30(35)20-23-37(40)45)27-12-17-32-15-11-16-33(42(32)48-28-26-34(29-48)47(5)6)22-25-39-44(3,4)41-36-19-10-8-14-31(36)21-24-38(41)46-39/h7-10,12-14,17-26,28-29,46H,11,15-16,27,45H2,1-6H3/b17-12+,33-22+,39-25+. The Bertz CT molecular complexity index is 2150. The summed E-state index contributed by atoms with van der Waals surface area (Å²) in [6.07, 6.45) is 18.0. The maximum absolute atomic E-state index is 6.63. The second-order valence-electron chi connectivity index (χ2n) is 14.9. The van der Waals surface area contributed by atoms with Crippen molar-refractivity contribution in [1.82, 2.24) is 4.57 Å². The lowest BCUT2D eigenvalue weighted by molar-refractivity contribution is 0.540. The summed E-state index contributed by atoms with van der Waals surface area (Å²) >= 11 is 0. The molecular formula is C44H48N4. The first-order valence-electron chi connectivity index (χ1n) is 17.3. The number of nitrogens with zero attached hydrogens (tertiary/aromatic N) is 2. The van der Waals surface area contributed by atoms with Crippen molar-refractivity contribution in [3.05, 3.63) is 144 Å². The zero-order valence-corrected chi connectivity index (χ0v) is 29.3. The molecule has 0 atom stereocenters. The van der Waals surface area contributed by atoms with E-state index in [0.717, 1.165) is 31.4 Å². The zero-order valence-electron chi connectivity index (χ0n) is 29.3. The van der Waals surface area contributed by atoms with Gasteiger partial charge in [-0.25, -0.2) is 0 Å². The predicted molar refractivity (Wildman–Crippen MR) is 208 cm³/mol. The number of fused-ring (bicyclic) bond motifs is 4. The Morgan fingerprint density at radius 2 is 1.58 bits per heavy atom. The van der Waals surface area contributed by atoms with Crippen LogP contribution in [0.2, 0.25) is 0 Å². The third-order valence-corrected chi connectivity index (χ3v) is 10.5. The van der Waals surface area contributed by atoms with Crippen molar-refractivity contribution in [2.75, 3.05) is 30.0 Å². The highest BCUT2D eigenvalue weighted by Gasteiger charge is 2.36. The van der Waals surface area contributed by atoms with Crippen LogP contribution < -0.4 is 16.0 Å². The molecule has 5 aromatic rings. The molecule has 1 aromatic heterocycles. The van der Waals surface area contributed by atoms with Crippen molar-refractivity contribution in [1.29, 1.82) is 0 Å². The van der Waals surface area contributed by atoms with Crippen molar-refractivity contribution >= 4 is 44.3 Å². The molecule has 7 rings (SSSR count). The zero-order chi connectivity index (χ0) is 33.6. The van der Waals surface area contributed by atoms with Crippen LogP contribution in [0.4, 0.5) is 17.1 Å². The molecule has 1 aliphatic carbocycles. The van der Waals surface area contributed by atoms with E-state index in [-0.39, 0.29) is 10.8 Å². The molecule has 0 amide bonds. The molecule has 244 valence electrons. The smallest absolute Gasteiger partial charge is 0.0544 e. The molecule has 0 saturated carbocycles. The SMILES string of the molecule is CN(C)c1ccn(C2=C(/C=C/CC(C)(C)c3c(N)ccc4ccccc34)CCC/C2=C\C=C2\Nc3ccc4ccccc4c3C2(C)C)c1. The van der Waals surface area contributed by atoms with Gasteiger partial charge in [0.25, 0.3) is 0 Å². The lowest BCUT2D eigenvalue weighted by Crippen LogP contribution is -2.19. The highest BCUT2D eigenvalue weighted by Crippen LogP contribution is 2.47. The molecule has 4 heteroatoms. The highest BCUT2D eigenvalue weighted by molar-refractivity contribution is 5.94. The largest absolute Gasteiger partial charge is 0.398 e. The van der Waals surface area contributed by atoms with E-state index in [1.165, 1.54) is 66.6 Å². The summed E-state index contributed by atoms with van der Waals surface area (Å²) in [6, 6.07) is 28.2. The van der Waals surface area contributed by atoms with E-state index < -0.39 is 0 Å². The molecule has 0 fully saturated rings. The number of nitrogens with one attached hydrogen (secondary N) is 1. The van der Waals surface area contributed by atoms with Gasteiger partial charge in [0, 0.05) is 49.0 Å². The van der Waals surface area contributed by atoms with Crippen molar-refractivity contribution in [3.63, 3.8) is 0 Å². The predicted octanol–water partition coefficient (Wildman–Crippen LogP) is 11.0. The van der Waals surface area contributed by atoms with Crippen LogP contribution in [0.3, 0.4) is 0 Å². The van der Waals surface area contributed by atoms with E-state index >= 15 is 0 Å². The van der Waals surface area contributed by atoms with E-state index in [2.05, 4.69) is 172 Å². The minimum absolute atomic E-state index is 0.121. The molecule has 0 saturated heterocycles. The fourth-order valence-corrected chi connectivity index (χ4v) is 7.92. The highest BCUT2D eigenvalue weighted by atomic mass is 15.1. The van der Waals surface area contributed by atoms with Gasteiger partial charge < -0.3 is 20.5 Å². The summed E-state index contributed by atoms with van der Waals surface area (Å²) in [4.78, 5) is 2.17. The van der Waals surface area contributed by atoms with Crippen LogP contribution in [0.1, 0.15) is 64.5 Å². The van der Waals surface area contributed by atoms with Crippen LogP contribution in [-0.2, 0) is 10.8 Å². The van der Waals surface area contributed by atoms with E-state index in [1.807, 2.05) is 0 Å². The minimum Gasteiger partial charge on any atom is -0.398 e. The second kappa shape index (κ2) is 12.2.